The van der Waals surface area contributed by atoms with E-state index in [9.17, 15) is 14.4 Å². The van der Waals surface area contributed by atoms with Crippen molar-refractivity contribution in [3.05, 3.63) is 117 Å². The summed E-state index contributed by atoms with van der Waals surface area (Å²) in [5.74, 6) is 0.575. The lowest BCUT2D eigenvalue weighted by atomic mass is 9.97. The number of nitrogens with zero attached hydrogens (tertiary/aromatic N) is 2. The molecule has 2 heterocycles. The first-order valence-electron chi connectivity index (χ1n) is 15.1. The summed E-state index contributed by atoms with van der Waals surface area (Å²) in [5, 5.41) is 0. The number of benzene rings is 3. The Kier molecular flexibility index (Phi) is 11.6. The van der Waals surface area contributed by atoms with E-state index in [-0.39, 0.29) is 23.7 Å². The van der Waals surface area contributed by atoms with Gasteiger partial charge in [0.1, 0.15) is 12.4 Å². The maximum atomic E-state index is 14.2. The molecule has 5 rings (SSSR count). The maximum absolute atomic E-state index is 14.2. The first kappa shape index (κ1) is 35.1. The van der Waals surface area contributed by atoms with Gasteiger partial charge in [-0.05, 0) is 90.3 Å². The third-order valence-electron chi connectivity index (χ3n) is 7.18. The van der Waals surface area contributed by atoms with Gasteiger partial charge in [0.2, 0.25) is 0 Å². The molecule has 4 aromatic rings. The van der Waals surface area contributed by atoms with Crippen molar-refractivity contribution in [3.63, 3.8) is 0 Å². The Morgan fingerprint density at radius 3 is 2.33 bits per heavy atom. The van der Waals surface area contributed by atoms with E-state index in [2.05, 4.69) is 36.9 Å². The first-order chi connectivity index (χ1) is 23.2. The molecule has 1 aliphatic heterocycles. The third-order valence-corrected chi connectivity index (χ3v) is 9.22. The van der Waals surface area contributed by atoms with Gasteiger partial charge in [0.05, 0.1) is 53.1 Å². The molecule has 1 atom stereocenters. The minimum Gasteiger partial charge on any atom is -0.490 e. The molecule has 10 nitrogen and oxygen atoms in total. The predicted molar refractivity (Wildman–Crippen MR) is 189 cm³/mol. The summed E-state index contributed by atoms with van der Waals surface area (Å²) in [6, 6.07) is 15.2. The van der Waals surface area contributed by atoms with Gasteiger partial charge in [0, 0.05) is 16.2 Å². The van der Waals surface area contributed by atoms with E-state index in [0.717, 1.165) is 10.0 Å². The molecule has 48 heavy (non-hydrogen) atoms. The lowest BCUT2D eigenvalue weighted by Crippen LogP contribution is -2.39. The molecule has 0 bridgehead atoms. The van der Waals surface area contributed by atoms with Crippen molar-refractivity contribution in [1.82, 2.24) is 4.57 Å². The van der Waals surface area contributed by atoms with Crippen LogP contribution in [0.5, 0.6) is 17.2 Å². The van der Waals surface area contributed by atoms with Crippen LogP contribution in [0.15, 0.2) is 85.1 Å². The molecule has 250 valence electrons. The molecule has 0 aliphatic carbocycles. The van der Waals surface area contributed by atoms with Crippen LogP contribution in [0.3, 0.4) is 0 Å². The summed E-state index contributed by atoms with van der Waals surface area (Å²) in [6.07, 6.45) is 3.18. The lowest BCUT2D eigenvalue weighted by Gasteiger charge is -2.23. The Balaban J connectivity index is 1.56. The second-order valence-corrected chi connectivity index (χ2v) is 13.0. The Hall–Kier alpha value is -4.20. The zero-order valence-corrected chi connectivity index (χ0v) is 30.6. The highest BCUT2D eigenvalue weighted by atomic mass is 79.9. The average Bonchev–Trinajstić information content (AvgIpc) is 3.39. The van der Waals surface area contributed by atoms with Crippen molar-refractivity contribution in [1.29, 1.82) is 0 Å². The van der Waals surface area contributed by atoms with Crippen LogP contribution in [0, 0.1) is 0 Å². The number of rotatable bonds is 12. The van der Waals surface area contributed by atoms with Gasteiger partial charge in [-0.15, -0.1) is 0 Å². The second-order valence-electron chi connectivity index (χ2n) is 10.3. The smallest absolute Gasteiger partial charge is 0.338 e. The molecule has 0 saturated carbocycles. The highest BCUT2D eigenvalue weighted by Crippen LogP contribution is 2.36. The molecule has 0 unspecified atom stereocenters. The van der Waals surface area contributed by atoms with E-state index in [4.69, 9.17) is 23.7 Å². The number of carbonyl (C=O) groups excluding carboxylic acids is 2. The van der Waals surface area contributed by atoms with Crippen LogP contribution in [-0.4, -0.2) is 43.4 Å². The zero-order valence-electron chi connectivity index (χ0n) is 26.6. The molecular formula is C35H32Br2N2O8S. The summed E-state index contributed by atoms with van der Waals surface area (Å²) in [6.45, 7) is 6.85. The van der Waals surface area contributed by atoms with Gasteiger partial charge in [-0.25, -0.2) is 14.6 Å². The van der Waals surface area contributed by atoms with E-state index in [1.165, 1.54) is 29.2 Å². The Bertz CT molecular complexity index is 2050. The Morgan fingerprint density at radius 2 is 1.65 bits per heavy atom. The molecule has 0 saturated heterocycles. The summed E-state index contributed by atoms with van der Waals surface area (Å²) < 4.78 is 31.3. The number of aromatic nitrogens is 1. The number of esters is 2. The van der Waals surface area contributed by atoms with Gasteiger partial charge in [-0.1, -0.05) is 45.5 Å². The molecule has 1 aliphatic rings. The molecule has 3 aromatic carbocycles. The minimum atomic E-state index is -0.826. The quantitative estimate of drug-likeness (QED) is 0.158. The number of hydrogen-bond donors (Lipinski definition) is 0. The van der Waals surface area contributed by atoms with E-state index in [1.54, 1.807) is 55.5 Å². The SMILES string of the molecule is CCOC(=O)c1ccc(COc2c(Br)cc(Br)cc2/C=c2/sc3n(c2=O)[C@@H](c2ccc(OCC)c(OCC)c2)C(C(=O)OC)=CN=3)cc1. The molecule has 0 fully saturated rings. The van der Waals surface area contributed by atoms with Gasteiger partial charge in [-0.3, -0.25) is 9.36 Å². The normalized spacial score (nSPS) is 14.0. The number of carbonyl (C=O) groups is 2. The third kappa shape index (κ3) is 7.58. The number of ether oxygens (including phenoxy) is 5. The highest BCUT2D eigenvalue weighted by Gasteiger charge is 2.31. The molecule has 0 amide bonds. The highest BCUT2D eigenvalue weighted by molar-refractivity contribution is 9.11. The van der Waals surface area contributed by atoms with Gasteiger partial charge in [0.25, 0.3) is 5.56 Å². The number of hydrogen-bond acceptors (Lipinski definition) is 10. The summed E-state index contributed by atoms with van der Waals surface area (Å²) in [5.41, 5.74) is 2.40. The number of methoxy groups -OCH3 is 1. The largest absolute Gasteiger partial charge is 0.490 e. The average molecular weight is 801 g/mol. The molecular weight excluding hydrogens is 768 g/mol. The number of halogens is 2. The summed E-state index contributed by atoms with van der Waals surface area (Å²) >= 11 is 8.34. The predicted octanol–water partition coefficient (Wildman–Crippen LogP) is 6.10. The van der Waals surface area contributed by atoms with Crippen molar-refractivity contribution in [2.45, 2.75) is 33.4 Å². The lowest BCUT2D eigenvalue weighted by molar-refractivity contribution is -0.136. The van der Waals surface area contributed by atoms with Crippen molar-refractivity contribution in [2.24, 2.45) is 4.99 Å². The molecule has 0 radical (unpaired) electrons. The molecule has 0 N–H and O–H groups in total. The van der Waals surface area contributed by atoms with Crippen LogP contribution < -0.4 is 29.1 Å². The standard InChI is InChI=1S/C35H32Br2N2O8S/c1-5-44-27-13-12-22(15-28(27)45-6-2)30-25(34(42)43-4)18-38-35-39(30)32(40)29(48-35)16-23-14-24(36)17-26(37)31(23)47-19-20-8-10-21(11-9-20)33(41)46-7-3/h8-18,30H,5-7,19H2,1-4H3/b29-16+/t30-/m0/s1. The van der Waals surface area contributed by atoms with Crippen LogP contribution >= 0.6 is 43.2 Å². The van der Waals surface area contributed by atoms with E-state index >= 15 is 0 Å². The maximum Gasteiger partial charge on any atom is 0.338 e. The fraction of sp³-hybridized carbons (Fsp3) is 0.257. The molecule has 1 aromatic heterocycles. The second kappa shape index (κ2) is 15.8. The monoisotopic (exact) mass is 798 g/mol. The van der Waals surface area contributed by atoms with Gasteiger partial charge < -0.3 is 23.7 Å². The number of thiazole rings is 1. The van der Waals surface area contributed by atoms with E-state index in [0.29, 0.717) is 67.6 Å². The fourth-order valence-corrected chi connectivity index (χ4v) is 7.41. The topological polar surface area (TPSA) is 115 Å². The van der Waals surface area contributed by atoms with E-state index < -0.39 is 12.0 Å². The van der Waals surface area contributed by atoms with Crippen molar-refractivity contribution >= 4 is 61.2 Å². The van der Waals surface area contributed by atoms with Crippen molar-refractivity contribution in [2.75, 3.05) is 26.9 Å². The van der Waals surface area contributed by atoms with Gasteiger partial charge >= 0.3 is 11.9 Å². The molecule has 13 heteroatoms. The Morgan fingerprint density at radius 1 is 0.917 bits per heavy atom. The fourth-order valence-electron chi connectivity index (χ4n) is 5.08. The minimum absolute atomic E-state index is 0.200. The first-order valence-corrected chi connectivity index (χ1v) is 17.5. The zero-order chi connectivity index (χ0) is 34.4. The van der Waals surface area contributed by atoms with E-state index in [1.807, 2.05) is 26.0 Å². The Labute approximate surface area is 297 Å². The van der Waals surface area contributed by atoms with Gasteiger partial charge in [-0.2, -0.15) is 0 Å². The van der Waals surface area contributed by atoms with Crippen LogP contribution in [0.25, 0.3) is 6.08 Å². The molecule has 0 spiro atoms. The van der Waals surface area contributed by atoms with Crippen molar-refractivity contribution < 1.29 is 33.3 Å². The summed E-state index contributed by atoms with van der Waals surface area (Å²) in [7, 11) is 1.29. The number of fused-ring (bicyclic) bond motifs is 1. The van der Waals surface area contributed by atoms with Gasteiger partial charge in [0.15, 0.2) is 16.3 Å². The van der Waals surface area contributed by atoms with Crippen LogP contribution in [0.4, 0.5) is 0 Å². The van der Waals surface area contributed by atoms with Crippen molar-refractivity contribution in [3.8, 4) is 17.2 Å². The summed E-state index contributed by atoms with van der Waals surface area (Å²) in [4.78, 5) is 44.1. The van der Waals surface area contributed by atoms with Crippen LogP contribution in [-0.2, 0) is 20.9 Å². The van der Waals surface area contributed by atoms with Crippen LogP contribution in [0.1, 0.15) is 53.9 Å². The van der Waals surface area contributed by atoms with Crippen LogP contribution in [0.2, 0.25) is 0 Å².